The van der Waals surface area contributed by atoms with Crippen LogP contribution in [0.1, 0.15) is 18.4 Å². The quantitative estimate of drug-likeness (QED) is 0.774. The normalized spacial score (nSPS) is 20.6. The smallest absolute Gasteiger partial charge is 0.313 e. The van der Waals surface area contributed by atoms with E-state index in [0.29, 0.717) is 18.5 Å². The summed E-state index contributed by atoms with van der Waals surface area (Å²) in [5.41, 5.74) is 2.75. The van der Waals surface area contributed by atoms with E-state index >= 15 is 0 Å². The van der Waals surface area contributed by atoms with Crippen LogP contribution in [0.4, 0.5) is 5.69 Å². The first kappa shape index (κ1) is 12.9. The van der Waals surface area contributed by atoms with Gasteiger partial charge in [-0.2, -0.15) is 0 Å². The highest BCUT2D eigenvalue weighted by Gasteiger charge is 2.36. The van der Waals surface area contributed by atoms with Gasteiger partial charge in [-0.3, -0.25) is 9.59 Å². The maximum Gasteiger partial charge on any atom is 0.313 e. The van der Waals surface area contributed by atoms with E-state index in [9.17, 15) is 9.59 Å². The van der Waals surface area contributed by atoms with Crippen molar-refractivity contribution in [2.45, 2.75) is 19.3 Å². The molecule has 0 radical (unpaired) electrons. The highest BCUT2D eigenvalue weighted by atomic mass is 16.5. The van der Waals surface area contributed by atoms with Gasteiger partial charge < -0.3 is 9.64 Å². The molecule has 0 spiro atoms. The summed E-state index contributed by atoms with van der Waals surface area (Å²) in [4.78, 5) is 26.2. The lowest BCUT2D eigenvalue weighted by Gasteiger charge is -2.20. The van der Waals surface area contributed by atoms with E-state index in [4.69, 9.17) is 4.74 Å². The van der Waals surface area contributed by atoms with E-state index in [2.05, 4.69) is 0 Å². The molecule has 4 heteroatoms. The number of ether oxygens (including phenoxy) is 1. The number of esters is 1. The number of rotatable bonds is 2. The van der Waals surface area contributed by atoms with Gasteiger partial charge in [-0.05, 0) is 30.9 Å². The summed E-state index contributed by atoms with van der Waals surface area (Å²) >= 11 is 0. The Morgan fingerprint density at radius 1 is 1.30 bits per heavy atom. The Hall–Kier alpha value is -2.10. The van der Waals surface area contributed by atoms with Gasteiger partial charge in [0.05, 0.1) is 13.0 Å². The molecule has 1 aliphatic heterocycles. The molecule has 2 aliphatic rings. The van der Waals surface area contributed by atoms with Gasteiger partial charge in [0.15, 0.2) is 0 Å². The molecular formula is C16H17NO3. The second-order valence-corrected chi connectivity index (χ2v) is 5.15. The minimum atomic E-state index is -0.403. The molecule has 1 aromatic rings. The SMILES string of the molecule is COC(=O)C1CCC=C1C(=O)N1CCc2ccccc21. The van der Waals surface area contributed by atoms with Gasteiger partial charge in [-0.15, -0.1) is 0 Å². The third-order valence-electron chi connectivity index (χ3n) is 4.06. The average molecular weight is 271 g/mol. The third-order valence-corrected chi connectivity index (χ3v) is 4.06. The fourth-order valence-electron chi connectivity index (χ4n) is 3.03. The summed E-state index contributed by atoms with van der Waals surface area (Å²) in [6, 6.07) is 7.93. The van der Waals surface area contributed by atoms with E-state index < -0.39 is 5.92 Å². The fourth-order valence-corrected chi connectivity index (χ4v) is 3.03. The standard InChI is InChI=1S/C16H17NO3/c1-20-16(19)13-7-4-6-12(13)15(18)17-10-9-11-5-2-3-8-14(11)17/h2-3,5-6,8,13H,4,7,9-10H2,1H3. The first-order chi connectivity index (χ1) is 9.72. The number of para-hydroxylation sites is 1. The lowest BCUT2D eigenvalue weighted by Crippen LogP contribution is -2.33. The Morgan fingerprint density at radius 2 is 2.10 bits per heavy atom. The fraction of sp³-hybridized carbons (Fsp3) is 0.375. The molecule has 0 bridgehead atoms. The summed E-state index contributed by atoms with van der Waals surface area (Å²) in [6.45, 7) is 0.684. The Kier molecular flexibility index (Phi) is 3.30. The highest BCUT2D eigenvalue weighted by molar-refractivity contribution is 6.10. The number of hydrogen-bond acceptors (Lipinski definition) is 3. The van der Waals surface area contributed by atoms with E-state index in [1.54, 1.807) is 4.90 Å². The molecule has 1 amide bonds. The third kappa shape index (κ3) is 2.01. The summed E-state index contributed by atoms with van der Waals surface area (Å²) in [5.74, 6) is -0.766. The second kappa shape index (κ2) is 5.12. The first-order valence-electron chi connectivity index (χ1n) is 6.90. The topological polar surface area (TPSA) is 46.6 Å². The number of amides is 1. The van der Waals surface area contributed by atoms with Gasteiger partial charge >= 0.3 is 5.97 Å². The van der Waals surface area contributed by atoms with Gasteiger partial charge in [0.2, 0.25) is 0 Å². The van der Waals surface area contributed by atoms with E-state index in [1.807, 2.05) is 30.3 Å². The molecule has 1 aliphatic carbocycles. The van der Waals surface area contributed by atoms with Crippen LogP contribution in [0.2, 0.25) is 0 Å². The molecule has 1 aromatic carbocycles. The van der Waals surface area contributed by atoms with E-state index in [0.717, 1.165) is 18.5 Å². The zero-order chi connectivity index (χ0) is 14.1. The maximum atomic E-state index is 12.7. The van der Waals surface area contributed by atoms with Crippen molar-refractivity contribution in [3.8, 4) is 0 Å². The van der Waals surface area contributed by atoms with Crippen LogP contribution in [0, 0.1) is 5.92 Å². The van der Waals surface area contributed by atoms with Gasteiger partial charge in [0.25, 0.3) is 5.91 Å². The van der Waals surface area contributed by atoms with Gasteiger partial charge in [0.1, 0.15) is 0 Å². The first-order valence-corrected chi connectivity index (χ1v) is 6.90. The molecule has 0 saturated heterocycles. The van der Waals surface area contributed by atoms with Crippen LogP contribution in [0.5, 0.6) is 0 Å². The molecule has 0 saturated carbocycles. The Bertz CT molecular complexity index is 591. The van der Waals surface area contributed by atoms with Crippen LogP contribution < -0.4 is 4.90 Å². The number of methoxy groups -OCH3 is 1. The second-order valence-electron chi connectivity index (χ2n) is 5.15. The predicted molar refractivity (Wildman–Crippen MR) is 75.3 cm³/mol. The lowest BCUT2D eigenvalue weighted by molar-refractivity contribution is -0.144. The number of benzene rings is 1. The van der Waals surface area contributed by atoms with Crippen molar-refractivity contribution in [1.29, 1.82) is 0 Å². The zero-order valence-electron chi connectivity index (χ0n) is 11.5. The molecule has 0 N–H and O–H groups in total. The van der Waals surface area contributed by atoms with Crippen molar-refractivity contribution in [2.75, 3.05) is 18.6 Å². The largest absolute Gasteiger partial charge is 0.469 e. The number of anilines is 1. The van der Waals surface area contributed by atoms with Crippen molar-refractivity contribution in [2.24, 2.45) is 5.92 Å². The molecule has 3 rings (SSSR count). The van der Waals surface area contributed by atoms with Crippen molar-refractivity contribution >= 4 is 17.6 Å². The Balaban J connectivity index is 1.86. The highest BCUT2D eigenvalue weighted by Crippen LogP contribution is 2.33. The molecule has 0 fully saturated rings. The number of nitrogens with zero attached hydrogens (tertiary/aromatic N) is 1. The summed E-state index contributed by atoms with van der Waals surface area (Å²) in [6.07, 6.45) is 4.18. The van der Waals surface area contributed by atoms with E-state index in [-0.39, 0.29) is 11.9 Å². The van der Waals surface area contributed by atoms with Crippen LogP contribution in [0.15, 0.2) is 35.9 Å². The summed E-state index contributed by atoms with van der Waals surface area (Å²) in [5, 5.41) is 0. The molecule has 4 nitrogen and oxygen atoms in total. The van der Waals surface area contributed by atoms with Gasteiger partial charge in [0, 0.05) is 17.8 Å². The summed E-state index contributed by atoms with van der Waals surface area (Å²) < 4.78 is 4.80. The number of hydrogen-bond donors (Lipinski definition) is 0. The average Bonchev–Trinajstić information content (AvgIpc) is 3.12. The molecule has 0 aromatic heterocycles. The van der Waals surface area contributed by atoms with E-state index in [1.165, 1.54) is 12.7 Å². The Morgan fingerprint density at radius 3 is 2.90 bits per heavy atom. The molecule has 104 valence electrons. The van der Waals surface area contributed by atoms with Crippen LogP contribution in [0.3, 0.4) is 0 Å². The monoisotopic (exact) mass is 271 g/mol. The molecule has 1 heterocycles. The molecular weight excluding hydrogens is 254 g/mol. The van der Waals surface area contributed by atoms with Crippen LogP contribution in [-0.2, 0) is 20.7 Å². The van der Waals surface area contributed by atoms with Crippen molar-refractivity contribution in [3.63, 3.8) is 0 Å². The van der Waals surface area contributed by atoms with Crippen LogP contribution in [0.25, 0.3) is 0 Å². The van der Waals surface area contributed by atoms with Crippen LogP contribution >= 0.6 is 0 Å². The molecule has 20 heavy (non-hydrogen) atoms. The molecule has 1 atom stereocenters. The minimum Gasteiger partial charge on any atom is -0.469 e. The van der Waals surface area contributed by atoms with Crippen molar-refractivity contribution in [1.82, 2.24) is 0 Å². The molecule has 1 unspecified atom stereocenters. The van der Waals surface area contributed by atoms with Gasteiger partial charge in [-0.25, -0.2) is 0 Å². The summed E-state index contributed by atoms with van der Waals surface area (Å²) in [7, 11) is 1.37. The van der Waals surface area contributed by atoms with Crippen molar-refractivity contribution < 1.29 is 14.3 Å². The van der Waals surface area contributed by atoms with Crippen LogP contribution in [-0.4, -0.2) is 25.5 Å². The number of fused-ring (bicyclic) bond motifs is 1. The number of allylic oxidation sites excluding steroid dienone is 1. The Labute approximate surface area is 118 Å². The predicted octanol–water partition coefficient (Wildman–Crippen LogP) is 2.09. The minimum absolute atomic E-state index is 0.0529. The zero-order valence-corrected chi connectivity index (χ0v) is 11.5. The maximum absolute atomic E-state index is 12.7. The number of carbonyl (C=O) groups is 2. The lowest BCUT2D eigenvalue weighted by atomic mass is 10.0. The van der Waals surface area contributed by atoms with Gasteiger partial charge in [-0.1, -0.05) is 24.3 Å². The number of carbonyl (C=O) groups excluding carboxylic acids is 2. The van der Waals surface area contributed by atoms with Crippen molar-refractivity contribution in [3.05, 3.63) is 41.5 Å².